The summed E-state index contributed by atoms with van der Waals surface area (Å²) in [6.45, 7) is 13.6. The third kappa shape index (κ3) is 38.0. The number of carbonyl (C=O) groups is 3. The average molecular weight is 723 g/mol. The van der Waals surface area contributed by atoms with Crippen LogP contribution in [0.15, 0.2) is 0 Å². The first kappa shape index (κ1) is 49.4. The van der Waals surface area contributed by atoms with E-state index >= 15 is 0 Å². The van der Waals surface area contributed by atoms with Crippen molar-refractivity contribution in [2.24, 2.45) is 17.8 Å². The fourth-order valence-electron chi connectivity index (χ4n) is 6.49. The maximum atomic E-state index is 12.7. The highest BCUT2D eigenvalue weighted by atomic mass is 16.6. The molecule has 0 rings (SSSR count). The molecule has 0 aromatic rings. The first-order valence-corrected chi connectivity index (χ1v) is 22.1. The van der Waals surface area contributed by atoms with E-state index in [0.29, 0.717) is 19.3 Å². The molecule has 0 saturated carbocycles. The molecule has 0 aliphatic carbocycles. The molecule has 6 nitrogen and oxygen atoms in total. The molecule has 0 radical (unpaired) electrons. The lowest BCUT2D eigenvalue weighted by Crippen LogP contribution is -2.30. The third-order valence-electron chi connectivity index (χ3n) is 10.3. The van der Waals surface area contributed by atoms with E-state index in [2.05, 4.69) is 41.5 Å². The molecule has 0 N–H and O–H groups in total. The number of rotatable bonds is 38. The molecule has 302 valence electrons. The summed E-state index contributed by atoms with van der Waals surface area (Å²) in [6.07, 6.45) is 32.5. The van der Waals surface area contributed by atoms with Crippen molar-refractivity contribution in [1.29, 1.82) is 0 Å². The Morgan fingerprint density at radius 1 is 0.392 bits per heavy atom. The average Bonchev–Trinajstić information content (AvgIpc) is 3.09. The number of hydrogen-bond donors (Lipinski definition) is 0. The van der Waals surface area contributed by atoms with Gasteiger partial charge in [0, 0.05) is 19.3 Å². The standard InChI is InChI=1S/C45H86O6/c1-7-41(6)33-27-21-14-10-8-9-11-15-22-28-34-43(46)49-37-42(38-50-44(47)35-29-23-18-17-20-26-32-40(4)5)51-45(48)36-30-24-16-12-13-19-25-31-39(2)3/h39-42H,7-38H2,1-6H3/t41?,42-/m1/s1. The molecule has 0 fully saturated rings. The van der Waals surface area contributed by atoms with Crippen LogP contribution in [0.1, 0.15) is 234 Å². The van der Waals surface area contributed by atoms with Crippen LogP contribution >= 0.6 is 0 Å². The van der Waals surface area contributed by atoms with Gasteiger partial charge in [0.1, 0.15) is 13.2 Å². The molecule has 0 aliphatic heterocycles. The highest BCUT2D eigenvalue weighted by Gasteiger charge is 2.19. The maximum Gasteiger partial charge on any atom is 0.306 e. The monoisotopic (exact) mass is 723 g/mol. The van der Waals surface area contributed by atoms with Gasteiger partial charge in [-0.05, 0) is 37.0 Å². The van der Waals surface area contributed by atoms with E-state index in [1.54, 1.807) is 0 Å². The van der Waals surface area contributed by atoms with E-state index in [4.69, 9.17) is 14.2 Å². The molecule has 0 amide bonds. The van der Waals surface area contributed by atoms with Crippen LogP contribution in [0, 0.1) is 17.8 Å². The maximum absolute atomic E-state index is 12.7. The number of ether oxygens (including phenoxy) is 3. The predicted molar refractivity (Wildman–Crippen MR) is 215 cm³/mol. The van der Waals surface area contributed by atoms with Gasteiger partial charge in [-0.25, -0.2) is 0 Å². The number of carbonyl (C=O) groups excluding carboxylic acids is 3. The second-order valence-corrected chi connectivity index (χ2v) is 16.5. The molecular formula is C45H86O6. The first-order chi connectivity index (χ1) is 24.6. The lowest BCUT2D eigenvalue weighted by atomic mass is 9.99. The van der Waals surface area contributed by atoms with Crippen molar-refractivity contribution >= 4 is 17.9 Å². The van der Waals surface area contributed by atoms with Gasteiger partial charge in [0.05, 0.1) is 0 Å². The molecule has 6 heteroatoms. The minimum absolute atomic E-state index is 0.0675. The van der Waals surface area contributed by atoms with Crippen molar-refractivity contribution in [2.75, 3.05) is 13.2 Å². The molecule has 1 unspecified atom stereocenters. The molecule has 0 saturated heterocycles. The van der Waals surface area contributed by atoms with E-state index in [1.807, 2.05) is 0 Å². The SMILES string of the molecule is CCC(C)CCCCCCCCCCCCC(=O)OC[C@H](COC(=O)CCCCCCCCC(C)C)OC(=O)CCCCCCCCCC(C)C. The van der Waals surface area contributed by atoms with Crippen LogP contribution < -0.4 is 0 Å². The Labute approximate surface area is 317 Å². The Morgan fingerprint density at radius 3 is 1.02 bits per heavy atom. The summed E-state index contributed by atoms with van der Waals surface area (Å²) >= 11 is 0. The summed E-state index contributed by atoms with van der Waals surface area (Å²) in [5.41, 5.74) is 0. The van der Waals surface area contributed by atoms with E-state index < -0.39 is 6.10 Å². The van der Waals surface area contributed by atoms with Gasteiger partial charge in [-0.2, -0.15) is 0 Å². The first-order valence-electron chi connectivity index (χ1n) is 22.1. The number of esters is 3. The van der Waals surface area contributed by atoms with Crippen molar-refractivity contribution in [3.63, 3.8) is 0 Å². The van der Waals surface area contributed by atoms with Gasteiger partial charge in [0.15, 0.2) is 6.10 Å². The normalized spacial score (nSPS) is 12.7. The smallest absolute Gasteiger partial charge is 0.306 e. The van der Waals surface area contributed by atoms with Crippen molar-refractivity contribution in [2.45, 2.75) is 240 Å². The van der Waals surface area contributed by atoms with Gasteiger partial charge in [0.2, 0.25) is 0 Å². The van der Waals surface area contributed by atoms with Crippen LogP contribution in [0.4, 0.5) is 0 Å². The molecular weight excluding hydrogens is 636 g/mol. The summed E-state index contributed by atoms with van der Waals surface area (Å²) in [5.74, 6) is 1.54. The van der Waals surface area contributed by atoms with Gasteiger partial charge in [-0.3, -0.25) is 14.4 Å². The van der Waals surface area contributed by atoms with Crippen LogP contribution in [-0.4, -0.2) is 37.2 Å². The Hall–Kier alpha value is -1.59. The van der Waals surface area contributed by atoms with Crippen LogP contribution in [-0.2, 0) is 28.6 Å². The summed E-state index contributed by atoms with van der Waals surface area (Å²) in [7, 11) is 0. The van der Waals surface area contributed by atoms with Gasteiger partial charge in [0.25, 0.3) is 0 Å². The Balaban J connectivity index is 4.33. The minimum atomic E-state index is -0.762. The molecule has 0 spiro atoms. The van der Waals surface area contributed by atoms with Crippen molar-refractivity contribution in [3.05, 3.63) is 0 Å². The summed E-state index contributed by atoms with van der Waals surface area (Å²) in [5, 5.41) is 0. The van der Waals surface area contributed by atoms with Crippen molar-refractivity contribution in [1.82, 2.24) is 0 Å². The number of unbranched alkanes of at least 4 members (excludes halogenated alkanes) is 20. The zero-order valence-electron chi connectivity index (χ0n) is 34.9. The largest absolute Gasteiger partial charge is 0.462 e. The van der Waals surface area contributed by atoms with Crippen LogP contribution in [0.25, 0.3) is 0 Å². The lowest BCUT2D eigenvalue weighted by Gasteiger charge is -2.18. The van der Waals surface area contributed by atoms with Crippen molar-refractivity contribution in [3.8, 4) is 0 Å². The second kappa shape index (κ2) is 36.8. The third-order valence-corrected chi connectivity index (χ3v) is 10.3. The molecule has 51 heavy (non-hydrogen) atoms. The van der Waals surface area contributed by atoms with E-state index in [-0.39, 0.29) is 31.1 Å². The molecule has 0 aromatic carbocycles. The molecule has 0 aliphatic rings. The number of hydrogen-bond acceptors (Lipinski definition) is 6. The van der Waals surface area contributed by atoms with Crippen LogP contribution in [0.3, 0.4) is 0 Å². The molecule has 0 aromatic heterocycles. The lowest BCUT2D eigenvalue weighted by molar-refractivity contribution is -0.167. The Bertz CT molecular complexity index is 794. The Kier molecular flexibility index (Phi) is 35.6. The molecule has 0 bridgehead atoms. The van der Waals surface area contributed by atoms with E-state index in [0.717, 1.165) is 75.5 Å². The fraction of sp³-hybridized carbons (Fsp3) is 0.933. The topological polar surface area (TPSA) is 78.9 Å². The molecule has 2 atom stereocenters. The van der Waals surface area contributed by atoms with E-state index in [1.165, 1.54) is 116 Å². The van der Waals surface area contributed by atoms with E-state index in [9.17, 15) is 14.4 Å². The predicted octanol–water partition coefficient (Wildman–Crippen LogP) is 13.7. The van der Waals surface area contributed by atoms with Gasteiger partial charge >= 0.3 is 17.9 Å². The van der Waals surface area contributed by atoms with Gasteiger partial charge in [-0.1, -0.05) is 196 Å². The fourth-order valence-corrected chi connectivity index (χ4v) is 6.49. The highest BCUT2D eigenvalue weighted by molar-refractivity contribution is 5.71. The second-order valence-electron chi connectivity index (χ2n) is 16.5. The Morgan fingerprint density at radius 2 is 0.686 bits per heavy atom. The summed E-state index contributed by atoms with van der Waals surface area (Å²) in [6, 6.07) is 0. The molecule has 0 heterocycles. The highest BCUT2D eigenvalue weighted by Crippen LogP contribution is 2.17. The quantitative estimate of drug-likeness (QED) is 0.0359. The van der Waals surface area contributed by atoms with Crippen molar-refractivity contribution < 1.29 is 28.6 Å². The summed E-state index contributed by atoms with van der Waals surface area (Å²) < 4.78 is 16.7. The van der Waals surface area contributed by atoms with Gasteiger partial charge in [-0.15, -0.1) is 0 Å². The summed E-state index contributed by atoms with van der Waals surface area (Å²) in [4.78, 5) is 37.6. The zero-order valence-corrected chi connectivity index (χ0v) is 34.9. The zero-order chi connectivity index (χ0) is 37.8. The van der Waals surface area contributed by atoms with Gasteiger partial charge < -0.3 is 14.2 Å². The van der Waals surface area contributed by atoms with Crippen LogP contribution in [0.2, 0.25) is 0 Å². The minimum Gasteiger partial charge on any atom is -0.462 e. The van der Waals surface area contributed by atoms with Crippen LogP contribution in [0.5, 0.6) is 0 Å².